The zero-order valence-corrected chi connectivity index (χ0v) is 9.38. The number of phenolic OH excluding ortho intramolecular Hbond substituents is 1. The summed E-state index contributed by atoms with van der Waals surface area (Å²) in [5, 5.41) is 9.13. The number of hydrogen-bond acceptors (Lipinski definition) is 4. The molecule has 0 aliphatic heterocycles. The van der Waals surface area contributed by atoms with Gasteiger partial charge in [0, 0.05) is 26.4 Å². The number of nitrogens with two attached hydrogens (primary N) is 1. The first-order valence-electron chi connectivity index (χ1n) is 4.89. The van der Waals surface area contributed by atoms with Gasteiger partial charge in [-0.1, -0.05) is 0 Å². The fourth-order valence-electron chi connectivity index (χ4n) is 1.32. The lowest BCUT2D eigenvalue weighted by Crippen LogP contribution is -2.41. The highest BCUT2D eigenvalue weighted by Gasteiger charge is 2.20. The predicted molar refractivity (Wildman–Crippen MR) is 61.4 cm³/mol. The van der Waals surface area contributed by atoms with Crippen LogP contribution in [0.2, 0.25) is 0 Å². The summed E-state index contributed by atoms with van der Waals surface area (Å²) in [6.45, 7) is 0.137. The van der Waals surface area contributed by atoms with Crippen LogP contribution in [0.5, 0.6) is 5.75 Å². The van der Waals surface area contributed by atoms with E-state index in [1.165, 1.54) is 24.1 Å². The number of carbonyl (C=O) groups excluding carboxylic acids is 1. The molecule has 5 heteroatoms. The second kappa shape index (κ2) is 5.48. The largest absolute Gasteiger partial charge is 0.508 e. The lowest BCUT2D eigenvalue weighted by atomic mass is 10.2. The van der Waals surface area contributed by atoms with Gasteiger partial charge in [0.05, 0.1) is 0 Å². The van der Waals surface area contributed by atoms with Crippen molar-refractivity contribution in [3.8, 4) is 5.75 Å². The van der Waals surface area contributed by atoms with E-state index in [4.69, 9.17) is 15.6 Å². The number of hydrogen-bond donors (Lipinski definition) is 2. The molecule has 0 spiro atoms. The fourth-order valence-corrected chi connectivity index (χ4v) is 1.32. The number of carbonyl (C=O) groups is 1. The molecule has 0 bridgehead atoms. The highest BCUT2D eigenvalue weighted by molar-refractivity contribution is 5.96. The molecule has 16 heavy (non-hydrogen) atoms. The highest BCUT2D eigenvalue weighted by atomic mass is 16.5. The molecule has 0 aliphatic carbocycles. The molecule has 1 rings (SSSR count). The van der Waals surface area contributed by atoms with E-state index in [-0.39, 0.29) is 18.2 Å². The number of phenols is 1. The van der Waals surface area contributed by atoms with Crippen molar-refractivity contribution in [2.75, 3.05) is 25.6 Å². The van der Waals surface area contributed by atoms with Crippen LogP contribution in [-0.2, 0) is 9.53 Å². The van der Waals surface area contributed by atoms with Crippen LogP contribution in [0.3, 0.4) is 0 Å². The normalized spacial score (nSPS) is 12.2. The zero-order valence-electron chi connectivity index (χ0n) is 9.38. The lowest BCUT2D eigenvalue weighted by molar-refractivity contribution is -0.127. The predicted octanol–water partition coefficient (Wildman–Crippen LogP) is 0.329. The second-order valence-electron chi connectivity index (χ2n) is 3.37. The van der Waals surface area contributed by atoms with E-state index in [1.807, 2.05) is 0 Å². The Morgan fingerprint density at radius 2 is 2.06 bits per heavy atom. The summed E-state index contributed by atoms with van der Waals surface area (Å²) in [5.74, 6) is -0.0533. The van der Waals surface area contributed by atoms with Gasteiger partial charge >= 0.3 is 0 Å². The Hall–Kier alpha value is -1.59. The number of benzene rings is 1. The zero-order chi connectivity index (χ0) is 12.1. The van der Waals surface area contributed by atoms with Crippen molar-refractivity contribution in [2.45, 2.75) is 6.10 Å². The molecule has 1 aromatic rings. The third kappa shape index (κ3) is 2.71. The average molecular weight is 224 g/mol. The van der Waals surface area contributed by atoms with Gasteiger partial charge in [0.2, 0.25) is 0 Å². The van der Waals surface area contributed by atoms with Crippen LogP contribution in [0.1, 0.15) is 0 Å². The van der Waals surface area contributed by atoms with E-state index in [9.17, 15) is 4.79 Å². The summed E-state index contributed by atoms with van der Waals surface area (Å²) >= 11 is 0. The maximum atomic E-state index is 11.8. The number of likely N-dealkylation sites (N-methyl/N-ethyl adjacent to an activating group) is 1. The molecule has 0 saturated carbocycles. The van der Waals surface area contributed by atoms with Crippen LogP contribution in [0, 0.1) is 0 Å². The van der Waals surface area contributed by atoms with Gasteiger partial charge in [0.1, 0.15) is 11.9 Å². The molecule has 1 amide bonds. The van der Waals surface area contributed by atoms with E-state index in [1.54, 1.807) is 19.2 Å². The van der Waals surface area contributed by atoms with E-state index in [2.05, 4.69) is 0 Å². The molecule has 0 saturated heterocycles. The Labute approximate surface area is 94.4 Å². The summed E-state index contributed by atoms with van der Waals surface area (Å²) in [6, 6.07) is 6.33. The van der Waals surface area contributed by atoms with E-state index >= 15 is 0 Å². The molecule has 1 unspecified atom stereocenters. The third-order valence-electron chi connectivity index (χ3n) is 2.34. The molecule has 0 radical (unpaired) electrons. The summed E-state index contributed by atoms with van der Waals surface area (Å²) < 4.78 is 4.96. The van der Waals surface area contributed by atoms with Crippen LogP contribution < -0.4 is 10.6 Å². The van der Waals surface area contributed by atoms with Crippen LogP contribution in [-0.4, -0.2) is 37.8 Å². The molecule has 0 heterocycles. The maximum Gasteiger partial charge on any atom is 0.257 e. The molecule has 5 nitrogen and oxygen atoms in total. The number of rotatable bonds is 4. The molecular weight excluding hydrogens is 208 g/mol. The van der Waals surface area contributed by atoms with Crippen molar-refractivity contribution < 1.29 is 14.6 Å². The van der Waals surface area contributed by atoms with Crippen molar-refractivity contribution >= 4 is 11.6 Å². The van der Waals surface area contributed by atoms with Gasteiger partial charge in [-0.05, 0) is 24.3 Å². The van der Waals surface area contributed by atoms with Gasteiger partial charge in [-0.2, -0.15) is 0 Å². The molecule has 3 N–H and O–H groups in total. The van der Waals surface area contributed by atoms with Gasteiger partial charge in [-0.15, -0.1) is 0 Å². The minimum Gasteiger partial charge on any atom is -0.508 e. The fraction of sp³-hybridized carbons (Fsp3) is 0.364. The molecule has 88 valence electrons. The molecule has 1 aromatic carbocycles. The van der Waals surface area contributed by atoms with Crippen molar-refractivity contribution in [3.63, 3.8) is 0 Å². The number of ether oxygens (including phenoxy) is 1. The Morgan fingerprint density at radius 3 is 2.50 bits per heavy atom. The summed E-state index contributed by atoms with van der Waals surface area (Å²) in [5.41, 5.74) is 6.09. The monoisotopic (exact) mass is 224 g/mol. The summed E-state index contributed by atoms with van der Waals surface area (Å²) in [7, 11) is 3.08. The quantitative estimate of drug-likeness (QED) is 0.772. The van der Waals surface area contributed by atoms with Crippen LogP contribution in [0.25, 0.3) is 0 Å². The van der Waals surface area contributed by atoms with E-state index in [0.29, 0.717) is 5.69 Å². The average Bonchev–Trinajstić information content (AvgIpc) is 2.30. The lowest BCUT2D eigenvalue weighted by Gasteiger charge is -2.22. The Balaban J connectivity index is 2.81. The Kier molecular flexibility index (Phi) is 4.28. The van der Waals surface area contributed by atoms with Crippen LogP contribution >= 0.6 is 0 Å². The van der Waals surface area contributed by atoms with Crippen molar-refractivity contribution in [1.29, 1.82) is 0 Å². The molecule has 0 fully saturated rings. The van der Waals surface area contributed by atoms with Crippen molar-refractivity contribution in [1.82, 2.24) is 0 Å². The molecule has 0 aliphatic rings. The summed E-state index contributed by atoms with van der Waals surface area (Å²) in [6.07, 6.45) is -0.640. The van der Waals surface area contributed by atoms with Crippen LogP contribution in [0.15, 0.2) is 24.3 Å². The summed E-state index contributed by atoms with van der Waals surface area (Å²) in [4.78, 5) is 13.3. The molecule has 0 aromatic heterocycles. The smallest absolute Gasteiger partial charge is 0.257 e. The van der Waals surface area contributed by atoms with Gasteiger partial charge in [0.25, 0.3) is 5.91 Å². The topological polar surface area (TPSA) is 75.8 Å². The van der Waals surface area contributed by atoms with Crippen molar-refractivity contribution in [2.24, 2.45) is 5.73 Å². The first kappa shape index (κ1) is 12.5. The number of amides is 1. The first-order chi connectivity index (χ1) is 7.60. The number of nitrogens with zero attached hydrogens (tertiary/aromatic N) is 1. The minimum atomic E-state index is -0.640. The minimum absolute atomic E-state index is 0.137. The molecule has 1 atom stereocenters. The highest BCUT2D eigenvalue weighted by Crippen LogP contribution is 2.17. The van der Waals surface area contributed by atoms with Gasteiger partial charge < -0.3 is 20.5 Å². The van der Waals surface area contributed by atoms with Crippen LogP contribution in [0.4, 0.5) is 5.69 Å². The first-order valence-corrected chi connectivity index (χ1v) is 4.89. The third-order valence-corrected chi connectivity index (χ3v) is 2.34. The second-order valence-corrected chi connectivity index (χ2v) is 3.37. The Morgan fingerprint density at radius 1 is 1.50 bits per heavy atom. The molecular formula is C11H16N2O3. The van der Waals surface area contributed by atoms with Crippen molar-refractivity contribution in [3.05, 3.63) is 24.3 Å². The van der Waals surface area contributed by atoms with Gasteiger partial charge in [-0.25, -0.2) is 0 Å². The maximum absolute atomic E-state index is 11.8. The Bertz CT molecular complexity index is 347. The number of aromatic hydroxyl groups is 1. The number of anilines is 1. The standard InChI is InChI=1S/C11H16N2O3/c1-13(11(15)10(7-12)16-2)8-3-5-9(14)6-4-8/h3-6,10,14H,7,12H2,1-2H3. The number of methoxy groups -OCH3 is 1. The van der Waals surface area contributed by atoms with E-state index < -0.39 is 6.10 Å². The van der Waals surface area contributed by atoms with E-state index in [0.717, 1.165) is 0 Å². The van der Waals surface area contributed by atoms with Gasteiger partial charge in [-0.3, -0.25) is 4.79 Å². The van der Waals surface area contributed by atoms with Gasteiger partial charge in [0.15, 0.2) is 0 Å². The SMILES string of the molecule is COC(CN)C(=O)N(C)c1ccc(O)cc1.